The molecule has 0 aromatic rings. The van der Waals surface area contributed by atoms with Crippen LogP contribution in [0.1, 0.15) is 32.1 Å². The molecule has 0 aliphatic heterocycles. The maximum absolute atomic E-state index is 5.23. The summed E-state index contributed by atoms with van der Waals surface area (Å²) >= 11 is 5.23. The van der Waals surface area contributed by atoms with Crippen LogP contribution in [0, 0.1) is 0 Å². The highest BCUT2D eigenvalue weighted by Crippen LogP contribution is 2.21. The van der Waals surface area contributed by atoms with E-state index in [1.165, 1.54) is 32.1 Å². The van der Waals surface area contributed by atoms with Gasteiger partial charge in [-0.15, -0.1) is 9.45 Å². The minimum absolute atomic E-state index is 0.281. The van der Waals surface area contributed by atoms with Crippen molar-refractivity contribution in [2.45, 2.75) is 37.4 Å². The van der Waals surface area contributed by atoms with Gasteiger partial charge in [0.05, 0.1) is 0 Å². The van der Waals surface area contributed by atoms with Gasteiger partial charge in [-0.1, -0.05) is 30.5 Å². The highest BCUT2D eigenvalue weighted by molar-refractivity contribution is 8.28. The lowest BCUT2D eigenvalue weighted by Crippen LogP contribution is -2.16. The van der Waals surface area contributed by atoms with Crippen LogP contribution in [0.2, 0.25) is 0 Å². The van der Waals surface area contributed by atoms with Gasteiger partial charge in [-0.05, 0) is 19.1 Å². The summed E-state index contributed by atoms with van der Waals surface area (Å²) in [5.41, 5.74) is 0. The van der Waals surface area contributed by atoms with Gasteiger partial charge in [0.1, 0.15) is 0 Å². The fraction of sp³-hybridized carbons (Fsp3) is 1.00. The molecule has 1 aliphatic carbocycles. The Labute approximate surface area is 64.6 Å². The average molecular weight is 162 g/mol. The Balaban J connectivity index is 2.31. The van der Waals surface area contributed by atoms with Gasteiger partial charge in [0, 0.05) is 5.25 Å². The minimum atomic E-state index is 0.281. The monoisotopic (exact) mass is 162 g/mol. The van der Waals surface area contributed by atoms with E-state index < -0.39 is 0 Å². The molecule has 0 heterocycles. The van der Waals surface area contributed by atoms with Crippen LogP contribution in [0.4, 0.5) is 0 Å². The lowest BCUT2D eigenvalue weighted by molar-refractivity contribution is 0.515. The van der Waals surface area contributed by atoms with Crippen molar-refractivity contribution in [2.24, 2.45) is 0 Å². The predicted molar refractivity (Wildman–Crippen MR) is 47.5 cm³/mol. The van der Waals surface area contributed by atoms with E-state index in [-0.39, 0.29) is 9.45 Å². The van der Waals surface area contributed by atoms with Crippen LogP contribution in [0.25, 0.3) is 0 Å². The third-order valence-corrected chi connectivity index (χ3v) is 4.25. The standard InChI is InChI=1S/C7H14S2/c1-9(8)7-5-3-2-4-6-7/h7H,2-6H2,1H3. The van der Waals surface area contributed by atoms with Gasteiger partial charge in [0.2, 0.25) is 0 Å². The van der Waals surface area contributed by atoms with E-state index in [9.17, 15) is 0 Å². The summed E-state index contributed by atoms with van der Waals surface area (Å²) in [6.45, 7) is 0. The second-order valence-electron chi connectivity index (χ2n) is 2.76. The van der Waals surface area contributed by atoms with E-state index in [4.69, 9.17) is 11.2 Å². The highest BCUT2D eigenvalue weighted by Gasteiger charge is 2.13. The molecule has 1 fully saturated rings. The maximum Gasteiger partial charge on any atom is 0.00907 e. The first kappa shape index (κ1) is 7.67. The van der Waals surface area contributed by atoms with Crippen molar-refractivity contribution in [1.82, 2.24) is 0 Å². The van der Waals surface area contributed by atoms with Gasteiger partial charge in [0.15, 0.2) is 0 Å². The summed E-state index contributed by atoms with van der Waals surface area (Å²) in [4.78, 5) is 0. The van der Waals surface area contributed by atoms with Crippen molar-refractivity contribution in [3.05, 3.63) is 0 Å². The molecule has 0 spiro atoms. The van der Waals surface area contributed by atoms with E-state index in [1.54, 1.807) is 0 Å². The van der Waals surface area contributed by atoms with Gasteiger partial charge >= 0.3 is 0 Å². The van der Waals surface area contributed by atoms with Crippen LogP contribution in [0.3, 0.4) is 0 Å². The molecular formula is C7H14S2. The van der Waals surface area contributed by atoms with E-state index in [0.29, 0.717) is 0 Å². The maximum atomic E-state index is 5.23. The Morgan fingerprint density at radius 2 is 1.78 bits per heavy atom. The van der Waals surface area contributed by atoms with Gasteiger partial charge < -0.3 is 0 Å². The summed E-state index contributed by atoms with van der Waals surface area (Å²) in [6, 6.07) is 0. The molecule has 1 rings (SSSR count). The van der Waals surface area contributed by atoms with Crippen LogP contribution < -0.4 is 0 Å². The molecule has 1 atom stereocenters. The molecule has 1 unspecified atom stereocenters. The molecule has 9 heavy (non-hydrogen) atoms. The molecule has 0 radical (unpaired) electrons. The van der Waals surface area contributed by atoms with Crippen molar-refractivity contribution in [2.75, 3.05) is 6.26 Å². The highest BCUT2D eigenvalue weighted by atomic mass is 32.8. The first-order chi connectivity index (χ1) is 4.30. The predicted octanol–water partition coefficient (Wildman–Crippen LogP) is 2.03. The quantitative estimate of drug-likeness (QED) is 0.568. The number of hydrogen-bond donors (Lipinski definition) is 0. The topological polar surface area (TPSA) is 0 Å². The first-order valence-electron chi connectivity index (χ1n) is 3.63. The molecule has 0 aromatic carbocycles. The Morgan fingerprint density at radius 1 is 1.22 bits per heavy atom. The normalized spacial score (nSPS) is 25.9. The lowest BCUT2D eigenvalue weighted by Gasteiger charge is -2.20. The van der Waals surface area contributed by atoms with Crippen molar-refractivity contribution < 1.29 is 0 Å². The van der Waals surface area contributed by atoms with Gasteiger partial charge in [-0.3, -0.25) is 0 Å². The Hall–Kier alpha value is 0.570. The molecule has 0 saturated heterocycles. The Bertz CT molecular complexity index is 103. The van der Waals surface area contributed by atoms with Gasteiger partial charge in [-0.25, -0.2) is 0 Å². The molecule has 1 saturated carbocycles. The molecule has 1 aliphatic rings. The van der Waals surface area contributed by atoms with E-state index in [0.717, 1.165) is 5.25 Å². The third kappa shape index (κ3) is 2.34. The molecular weight excluding hydrogens is 148 g/mol. The summed E-state index contributed by atoms with van der Waals surface area (Å²) < 4.78 is 0. The van der Waals surface area contributed by atoms with Crippen LogP contribution in [0.15, 0.2) is 0 Å². The average Bonchev–Trinajstić information content (AvgIpc) is 1.90. The second kappa shape index (κ2) is 3.67. The molecule has 0 bridgehead atoms. The van der Waals surface area contributed by atoms with Crippen LogP contribution >= 0.6 is 0 Å². The van der Waals surface area contributed by atoms with Gasteiger partial charge in [0.25, 0.3) is 0 Å². The van der Waals surface area contributed by atoms with E-state index >= 15 is 0 Å². The summed E-state index contributed by atoms with van der Waals surface area (Å²) in [5, 5.41) is 0.897. The molecule has 0 aromatic heterocycles. The minimum Gasteiger partial charge on any atom is -0.122 e. The zero-order chi connectivity index (χ0) is 6.69. The molecule has 54 valence electrons. The fourth-order valence-corrected chi connectivity index (χ4v) is 2.97. The number of rotatable bonds is 1. The Kier molecular flexibility index (Phi) is 3.13. The summed E-state index contributed by atoms with van der Waals surface area (Å²) in [6.07, 6.45) is 9.32. The zero-order valence-electron chi connectivity index (χ0n) is 5.93. The zero-order valence-corrected chi connectivity index (χ0v) is 7.56. The van der Waals surface area contributed by atoms with Crippen molar-refractivity contribution >= 4 is 20.6 Å². The van der Waals surface area contributed by atoms with E-state index in [1.807, 2.05) is 0 Å². The molecule has 0 amide bonds. The van der Waals surface area contributed by atoms with Gasteiger partial charge in [-0.2, -0.15) is 0 Å². The number of hydrogen-bond acceptors (Lipinski definition) is 1. The second-order valence-corrected chi connectivity index (χ2v) is 6.00. The summed E-state index contributed by atoms with van der Waals surface area (Å²) in [5.74, 6) is 0. The molecule has 0 nitrogen and oxygen atoms in total. The van der Waals surface area contributed by atoms with Crippen LogP contribution in [-0.4, -0.2) is 11.5 Å². The molecule has 0 N–H and O–H groups in total. The van der Waals surface area contributed by atoms with Crippen molar-refractivity contribution in [3.63, 3.8) is 0 Å². The fourth-order valence-electron chi connectivity index (χ4n) is 1.40. The van der Waals surface area contributed by atoms with Crippen LogP contribution in [0.5, 0.6) is 0 Å². The molecule has 2 heteroatoms. The van der Waals surface area contributed by atoms with E-state index in [2.05, 4.69) is 6.26 Å². The third-order valence-electron chi connectivity index (χ3n) is 2.02. The van der Waals surface area contributed by atoms with Crippen molar-refractivity contribution in [1.29, 1.82) is 0 Å². The van der Waals surface area contributed by atoms with Crippen molar-refractivity contribution in [3.8, 4) is 0 Å². The SMILES string of the molecule is CS(=S)C1CCCCC1. The van der Waals surface area contributed by atoms with Crippen LogP contribution in [-0.2, 0) is 20.6 Å². The lowest BCUT2D eigenvalue weighted by atomic mass is 10.0. The summed E-state index contributed by atoms with van der Waals surface area (Å²) in [7, 11) is 0.281. The largest absolute Gasteiger partial charge is 0.122 e. The smallest absolute Gasteiger partial charge is 0.00907 e. The Morgan fingerprint density at radius 3 is 2.11 bits per heavy atom. The first-order valence-corrected chi connectivity index (χ1v) is 6.25.